The first-order chi connectivity index (χ1) is 8.24. The van der Waals surface area contributed by atoms with Crippen LogP contribution in [0.1, 0.15) is 5.56 Å². The van der Waals surface area contributed by atoms with Gasteiger partial charge in [-0.15, -0.1) is 0 Å². The molecule has 0 bridgehead atoms. The first-order valence-electron chi connectivity index (χ1n) is 5.18. The maximum Gasteiger partial charge on any atom is 0.309 e. The number of methoxy groups -OCH3 is 1. The summed E-state index contributed by atoms with van der Waals surface area (Å²) in [6.07, 6.45) is 3.25. The third-order valence-electron chi connectivity index (χ3n) is 2.00. The van der Waals surface area contributed by atoms with Crippen LogP contribution >= 0.6 is 0 Å². The highest BCUT2D eigenvalue weighted by atomic mass is 16.5. The Morgan fingerprint density at radius 1 is 1.24 bits per heavy atom. The Balaban J connectivity index is 2.27. The fourth-order valence-corrected chi connectivity index (χ4v) is 1.11. The second-order valence-electron chi connectivity index (χ2n) is 3.29. The van der Waals surface area contributed by atoms with Crippen LogP contribution in [0.25, 0.3) is 0 Å². The van der Waals surface area contributed by atoms with E-state index in [0.29, 0.717) is 19.7 Å². The molecular weight excluding hydrogens is 222 g/mol. The monoisotopic (exact) mass is 237 g/mol. The van der Waals surface area contributed by atoms with Crippen LogP contribution in [0.2, 0.25) is 0 Å². The van der Waals surface area contributed by atoms with E-state index in [-0.39, 0.29) is 0 Å². The summed E-state index contributed by atoms with van der Waals surface area (Å²) in [7, 11) is 1.52. The number of hydrogen-bond donors (Lipinski definition) is 2. The number of rotatable bonds is 5. The van der Waals surface area contributed by atoms with Gasteiger partial charge in [0.15, 0.2) is 0 Å². The molecule has 1 aromatic rings. The van der Waals surface area contributed by atoms with E-state index >= 15 is 0 Å². The van der Waals surface area contributed by atoms with Gasteiger partial charge in [-0.05, 0) is 17.7 Å². The van der Waals surface area contributed by atoms with Gasteiger partial charge in [0.25, 0.3) is 0 Å². The molecule has 6 nitrogen and oxygen atoms in total. The third-order valence-corrected chi connectivity index (χ3v) is 2.00. The molecule has 2 amide bonds. The number of ether oxygens (including phenoxy) is 1. The van der Waals surface area contributed by atoms with E-state index in [1.807, 2.05) is 0 Å². The molecule has 1 aromatic heterocycles. The summed E-state index contributed by atoms with van der Waals surface area (Å²) in [5.74, 6) is -1.31. The van der Waals surface area contributed by atoms with E-state index in [2.05, 4.69) is 15.6 Å². The van der Waals surface area contributed by atoms with Crippen molar-refractivity contribution in [3.05, 3.63) is 30.1 Å². The van der Waals surface area contributed by atoms with Crippen molar-refractivity contribution in [3.8, 4) is 0 Å². The van der Waals surface area contributed by atoms with Gasteiger partial charge in [0.2, 0.25) is 0 Å². The molecule has 2 N–H and O–H groups in total. The molecule has 0 fully saturated rings. The van der Waals surface area contributed by atoms with Crippen molar-refractivity contribution in [1.82, 2.24) is 15.6 Å². The number of carbonyl (C=O) groups excluding carboxylic acids is 2. The number of pyridine rings is 1. The number of hydrogen-bond acceptors (Lipinski definition) is 4. The van der Waals surface area contributed by atoms with E-state index in [1.165, 1.54) is 7.11 Å². The minimum atomic E-state index is -0.656. The molecule has 0 aromatic carbocycles. The van der Waals surface area contributed by atoms with Gasteiger partial charge in [0.1, 0.15) is 0 Å². The highest BCUT2D eigenvalue weighted by Gasteiger charge is 2.11. The average molecular weight is 237 g/mol. The van der Waals surface area contributed by atoms with Gasteiger partial charge < -0.3 is 15.4 Å². The Morgan fingerprint density at radius 2 is 1.88 bits per heavy atom. The van der Waals surface area contributed by atoms with Crippen LogP contribution in [-0.4, -0.2) is 37.1 Å². The summed E-state index contributed by atoms with van der Waals surface area (Å²) in [6, 6.07) is 3.53. The normalized spacial score (nSPS) is 9.71. The fraction of sp³-hybridized carbons (Fsp3) is 0.364. The average Bonchev–Trinajstić information content (AvgIpc) is 2.37. The van der Waals surface area contributed by atoms with Crippen molar-refractivity contribution in [2.24, 2.45) is 0 Å². The molecule has 0 aliphatic rings. The van der Waals surface area contributed by atoms with Gasteiger partial charge >= 0.3 is 11.8 Å². The highest BCUT2D eigenvalue weighted by molar-refractivity contribution is 6.35. The van der Waals surface area contributed by atoms with Crippen molar-refractivity contribution in [2.75, 3.05) is 20.3 Å². The van der Waals surface area contributed by atoms with Gasteiger partial charge in [-0.1, -0.05) is 0 Å². The van der Waals surface area contributed by atoms with E-state index in [1.54, 1.807) is 24.5 Å². The van der Waals surface area contributed by atoms with Crippen LogP contribution in [0.4, 0.5) is 0 Å². The molecule has 0 unspecified atom stereocenters. The number of nitrogens with one attached hydrogen (secondary N) is 2. The van der Waals surface area contributed by atoms with Crippen molar-refractivity contribution in [1.29, 1.82) is 0 Å². The van der Waals surface area contributed by atoms with E-state index in [0.717, 1.165) is 5.56 Å². The lowest BCUT2D eigenvalue weighted by atomic mass is 10.3. The zero-order valence-corrected chi connectivity index (χ0v) is 9.60. The Labute approximate surface area is 99.4 Å². The summed E-state index contributed by atoms with van der Waals surface area (Å²) in [5, 5.41) is 4.94. The predicted octanol–water partition coefficient (Wildman–Crippen LogP) is -0.540. The lowest BCUT2D eigenvalue weighted by molar-refractivity contribution is -0.139. The van der Waals surface area contributed by atoms with Crippen molar-refractivity contribution >= 4 is 11.8 Å². The van der Waals surface area contributed by atoms with Crippen molar-refractivity contribution < 1.29 is 14.3 Å². The second-order valence-corrected chi connectivity index (χ2v) is 3.29. The highest BCUT2D eigenvalue weighted by Crippen LogP contribution is 1.94. The summed E-state index contributed by atoms with van der Waals surface area (Å²) < 4.78 is 4.75. The third kappa shape index (κ3) is 5.07. The Hall–Kier alpha value is -1.95. The standard InChI is InChI=1S/C11H15N3O3/c1-17-7-6-13-10(15)11(16)14-8-9-2-4-12-5-3-9/h2-5H,6-8H2,1H3,(H,13,15)(H,14,16). The molecule has 0 radical (unpaired) electrons. The van der Waals surface area contributed by atoms with Crippen molar-refractivity contribution in [3.63, 3.8) is 0 Å². The fourth-order valence-electron chi connectivity index (χ4n) is 1.11. The predicted molar refractivity (Wildman–Crippen MR) is 61.0 cm³/mol. The zero-order valence-electron chi connectivity index (χ0n) is 9.60. The van der Waals surface area contributed by atoms with Gasteiger partial charge in [-0.2, -0.15) is 0 Å². The quantitative estimate of drug-likeness (QED) is 0.532. The van der Waals surface area contributed by atoms with Crippen LogP contribution in [0.3, 0.4) is 0 Å². The van der Waals surface area contributed by atoms with E-state index < -0.39 is 11.8 Å². The second kappa shape index (κ2) is 7.34. The van der Waals surface area contributed by atoms with Gasteiger partial charge in [0.05, 0.1) is 6.61 Å². The molecule has 1 rings (SSSR count). The molecule has 0 aliphatic carbocycles. The summed E-state index contributed by atoms with van der Waals surface area (Å²) in [6.45, 7) is 1.00. The Kier molecular flexibility index (Phi) is 5.67. The first-order valence-corrected chi connectivity index (χ1v) is 5.18. The van der Waals surface area contributed by atoms with Crippen LogP contribution in [-0.2, 0) is 20.9 Å². The van der Waals surface area contributed by atoms with E-state index in [4.69, 9.17) is 4.74 Å². The van der Waals surface area contributed by atoms with Gasteiger partial charge in [-0.25, -0.2) is 0 Å². The number of aromatic nitrogens is 1. The molecule has 17 heavy (non-hydrogen) atoms. The zero-order chi connectivity index (χ0) is 12.5. The topological polar surface area (TPSA) is 80.3 Å². The molecule has 1 heterocycles. The minimum Gasteiger partial charge on any atom is -0.383 e. The maximum absolute atomic E-state index is 11.3. The molecule has 0 aliphatic heterocycles. The maximum atomic E-state index is 11.3. The van der Waals surface area contributed by atoms with E-state index in [9.17, 15) is 9.59 Å². The molecule has 0 atom stereocenters. The SMILES string of the molecule is COCCNC(=O)C(=O)NCc1ccncc1. The van der Waals surface area contributed by atoms with Crippen molar-refractivity contribution in [2.45, 2.75) is 6.54 Å². The first kappa shape index (κ1) is 13.1. The Bertz CT molecular complexity index is 367. The van der Waals surface area contributed by atoms with Crippen LogP contribution in [0, 0.1) is 0 Å². The minimum absolute atomic E-state index is 0.305. The largest absolute Gasteiger partial charge is 0.383 e. The smallest absolute Gasteiger partial charge is 0.309 e. The molecule has 0 saturated carbocycles. The lowest BCUT2D eigenvalue weighted by Crippen LogP contribution is -2.40. The lowest BCUT2D eigenvalue weighted by Gasteiger charge is -2.05. The van der Waals surface area contributed by atoms with Crippen LogP contribution < -0.4 is 10.6 Å². The van der Waals surface area contributed by atoms with Crippen LogP contribution in [0.5, 0.6) is 0 Å². The molecule has 92 valence electrons. The molecule has 0 saturated heterocycles. The Morgan fingerprint density at radius 3 is 2.53 bits per heavy atom. The molecule has 6 heteroatoms. The summed E-state index contributed by atoms with van der Waals surface area (Å²) >= 11 is 0. The van der Waals surface area contributed by atoms with Crippen LogP contribution in [0.15, 0.2) is 24.5 Å². The van der Waals surface area contributed by atoms with Gasteiger partial charge in [0, 0.05) is 32.6 Å². The summed E-state index contributed by atoms with van der Waals surface area (Å²) in [5.41, 5.74) is 0.887. The molecular formula is C11H15N3O3. The summed E-state index contributed by atoms with van der Waals surface area (Å²) in [4.78, 5) is 26.4. The number of carbonyl (C=O) groups is 2. The number of amides is 2. The number of nitrogens with zero attached hydrogens (tertiary/aromatic N) is 1. The van der Waals surface area contributed by atoms with Gasteiger partial charge in [-0.3, -0.25) is 14.6 Å². The molecule has 0 spiro atoms.